The average molecular weight is 977 g/mol. The van der Waals surface area contributed by atoms with Crippen molar-refractivity contribution < 1.29 is 0 Å². The van der Waals surface area contributed by atoms with E-state index in [1.54, 1.807) is 0 Å². The van der Waals surface area contributed by atoms with Gasteiger partial charge in [-0.05, 0) is 185 Å². The molecule has 2 aliphatic heterocycles. The summed E-state index contributed by atoms with van der Waals surface area (Å²) in [6, 6.07) is 99.2. The Morgan fingerprint density at radius 2 is 0.554 bits per heavy atom. The highest BCUT2D eigenvalue weighted by atomic mass is 32.2. The Morgan fingerprint density at radius 1 is 0.216 bits per heavy atom. The molecule has 13 aromatic rings. The summed E-state index contributed by atoms with van der Waals surface area (Å²) >= 11 is 3.69. The molecule has 2 aliphatic rings. The van der Waals surface area contributed by atoms with Gasteiger partial charge in [0.2, 0.25) is 0 Å². The Balaban J connectivity index is 1.03. The first-order valence-electron chi connectivity index (χ1n) is 25.2. The minimum Gasteiger partial charge on any atom is -0.308 e. The first kappa shape index (κ1) is 42.8. The lowest BCUT2D eigenvalue weighted by Gasteiger charge is -2.34. The normalized spacial score (nSPS) is 12.7. The molecule has 74 heavy (non-hydrogen) atoms. The van der Waals surface area contributed by atoms with Crippen LogP contribution in [0.4, 0.5) is 34.1 Å². The summed E-state index contributed by atoms with van der Waals surface area (Å²) in [5, 5.41) is 9.74. The summed E-state index contributed by atoms with van der Waals surface area (Å²) in [5.41, 5.74) is 16.5. The summed E-state index contributed by atoms with van der Waals surface area (Å²) in [6.07, 6.45) is 0. The Morgan fingerprint density at radius 3 is 0.959 bits per heavy atom. The zero-order valence-electron chi connectivity index (χ0n) is 40.1. The maximum absolute atomic E-state index is 2.47. The second-order valence-electron chi connectivity index (χ2n) is 19.2. The number of anilines is 6. The Kier molecular flexibility index (Phi) is 10.1. The van der Waals surface area contributed by atoms with Crippen molar-refractivity contribution in [1.29, 1.82) is 0 Å². The van der Waals surface area contributed by atoms with Gasteiger partial charge in [-0.25, -0.2) is 0 Å². The van der Waals surface area contributed by atoms with Crippen molar-refractivity contribution in [3.8, 4) is 44.5 Å². The Bertz CT molecular complexity index is 4050. The smallest absolute Gasteiger partial charge is 0.0601 e. The molecule has 2 nitrogen and oxygen atoms in total. The van der Waals surface area contributed by atoms with Gasteiger partial charge in [0.25, 0.3) is 0 Å². The lowest BCUT2D eigenvalue weighted by Crippen LogP contribution is -2.15. The minimum atomic E-state index is 1.12. The van der Waals surface area contributed by atoms with E-state index in [1.165, 1.54) is 130 Å². The number of nitrogens with zero attached hydrogens (tertiary/aromatic N) is 2. The molecule has 0 N–H and O–H groups in total. The van der Waals surface area contributed by atoms with Crippen LogP contribution in [-0.4, -0.2) is 0 Å². The van der Waals surface area contributed by atoms with Gasteiger partial charge in [-0.3, -0.25) is 0 Å². The van der Waals surface area contributed by atoms with E-state index in [1.807, 2.05) is 23.5 Å². The van der Waals surface area contributed by atoms with Gasteiger partial charge in [-0.1, -0.05) is 193 Å². The number of fused-ring (bicyclic) bond motifs is 8. The van der Waals surface area contributed by atoms with Crippen LogP contribution in [0.25, 0.3) is 87.6 Å². The highest BCUT2D eigenvalue weighted by Crippen LogP contribution is 2.55. The van der Waals surface area contributed by atoms with E-state index in [0.717, 1.165) is 11.4 Å². The molecule has 346 valence electrons. The molecule has 0 unspecified atom stereocenters. The molecular weight excluding hydrogens is 933 g/mol. The third-order valence-electron chi connectivity index (χ3n) is 14.9. The molecule has 4 heteroatoms. The van der Waals surface area contributed by atoms with Gasteiger partial charge in [-0.15, -0.1) is 0 Å². The van der Waals surface area contributed by atoms with Gasteiger partial charge < -0.3 is 9.80 Å². The highest BCUT2D eigenvalue weighted by Gasteiger charge is 2.28. The van der Waals surface area contributed by atoms with Crippen molar-refractivity contribution in [2.24, 2.45) is 0 Å². The molecule has 0 saturated heterocycles. The zero-order chi connectivity index (χ0) is 48.7. The van der Waals surface area contributed by atoms with E-state index in [0.29, 0.717) is 0 Å². The number of hydrogen-bond donors (Lipinski definition) is 0. The van der Waals surface area contributed by atoms with Crippen molar-refractivity contribution in [1.82, 2.24) is 0 Å². The second-order valence-corrected chi connectivity index (χ2v) is 21.4. The van der Waals surface area contributed by atoms with Crippen LogP contribution in [0.5, 0.6) is 0 Å². The fourth-order valence-corrected chi connectivity index (χ4v) is 13.6. The number of para-hydroxylation sites is 4. The fourth-order valence-electron chi connectivity index (χ4n) is 11.5. The molecule has 0 saturated carbocycles. The monoisotopic (exact) mass is 976 g/mol. The Labute approximate surface area is 438 Å². The molecule has 15 rings (SSSR count). The number of hydrogen-bond acceptors (Lipinski definition) is 4. The summed E-state index contributed by atoms with van der Waals surface area (Å²) in [7, 11) is 0. The molecule has 13 aromatic carbocycles. The van der Waals surface area contributed by atoms with Gasteiger partial charge in [0.1, 0.15) is 0 Å². The van der Waals surface area contributed by atoms with E-state index in [-0.39, 0.29) is 0 Å². The quantitative estimate of drug-likeness (QED) is 0.153. The van der Waals surface area contributed by atoms with Crippen LogP contribution >= 0.6 is 23.5 Å². The third kappa shape index (κ3) is 7.13. The summed E-state index contributed by atoms with van der Waals surface area (Å²) < 4.78 is 0. The van der Waals surface area contributed by atoms with E-state index < -0.39 is 0 Å². The van der Waals surface area contributed by atoms with Crippen LogP contribution in [0.15, 0.2) is 287 Å². The molecule has 0 atom stereocenters. The van der Waals surface area contributed by atoms with Crippen LogP contribution in [0.1, 0.15) is 0 Å². The van der Waals surface area contributed by atoms with Crippen molar-refractivity contribution in [2.75, 3.05) is 9.80 Å². The van der Waals surface area contributed by atoms with Crippen LogP contribution in [-0.2, 0) is 0 Å². The number of benzene rings is 13. The lowest BCUT2D eigenvalue weighted by molar-refractivity contribution is 1.17. The fraction of sp³-hybridized carbons (Fsp3) is 0. The highest BCUT2D eigenvalue weighted by molar-refractivity contribution is 8.00. The summed E-state index contributed by atoms with van der Waals surface area (Å²) in [6.45, 7) is 0. The number of rotatable bonds is 6. The van der Waals surface area contributed by atoms with Gasteiger partial charge in [-0.2, -0.15) is 0 Å². The van der Waals surface area contributed by atoms with Gasteiger partial charge >= 0.3 is 0 Å². The molecular formula is C70H44N2S2. The van der Waals surface area contributed by atoms with Crippen molar-refractivity contribution in [2.45, 2.75) is 19.6 Å². The minimum absolute atomic E-state index is 1.12. The van der Waals surface area contributed by atoms with Crippen LogP contribution in [0, 0.1) is 0 Å². The predicted molar refractivity (Wildman–Crippen MR) is 316 cm³/mol. The Hall–Kier alpha value is -8.80. The topological polar surface area (TPSA) is 6.48 Å². The van der Waals surface area contributed by atoms with Gasteiger partial charge in [0.05, 0.1) is 22.7 Å². The largest absolute Gasteiger partial charge is 0.308 e. The van der Waals surface area contributed by atoms with Crippen molar-refractivity contribution >= 4 is 101 Å². The predicted octanol–water partition coefficient (Wildman–Crippen LogP) is 20.8. The van der Waals surface area contributed by atoms with E-state index in [4.69, 9.17) is 0 Å². The molecule has 0 radical (unpaired) electrons. The van der Waals surface area contributed by atoms with Crippen molar-refractivity contribution in [3.63, 3.8) is 0 Å². The molecule has 0 bridgehead atoms. The lowest BCUT2D eigenvalue weighted by atomic mass is 9.84. The summed E-state index contributed by atoms with van der Waals surface area (Å²) in [5.74, 6) is 0. The van der Waals surface area contributed by atoms with E-state index >= 15 is 0 Å². The molecule has 0 spiro atoms. The van der Waals surface area contributed by atoms with Crippen LogP contribution < -0.4 is 9.80 Å². The first-order valence-corrected chi connectivity index (χ1v) is 26.9. The SMILES string of the molecule is c1cc(-c2ccc3ccccc3c2)cc(-c2c3ccc(N4c5ccccc5Sc5ccccc54)cc3c(-c3cccc(-c4ccc5ccccc5c4)c3)c3ccc(N4c5ccccc5Sc5ccccc54)cc23)c1. The van der Waals surface area contributed by atoms with E-state index in [9.17, 15) is 0 Å². The molecule has 0 aromatic heterocycles. The van der Waals surface area contributed by atoms with Gasteiger partial charge in [0.15, 0.2) is 0 Å². The zero-order valence-corrected chi connectivity index (χ0v) is 41.7. The van der Waals surface area contributed by atoms with Crippen LogP contribution in [0.2, 0.25) is 0 Å². The first-order chi connectivity index (χ1) is 36.7. The molecule has 0 amide bonds. The summed E-state index contributed by atoms with van der Waals surface area (Å²) in [4.78, 5) is 9.90. The van der Waals surface area contributed by atoms with Crippen LogP contribution in [0.3, 0.4) is 0 Å². The van der Waals surface area contributed by atoms with Crippen molar-refractivity contribution in [3.05, 3.63) is 267 Å². The molecule has 0 fully saturated rings. The average Bonchev–Trinajstić information content (AvgIpc) is 3.48. The van der Waals surface area contributed by atoms with E-state index in [2.05, 4.69) is 277 Å². The van der Waals surface area contributed by atoms with Gasteiger partial charge in [0, 0.05) is 31.0 Å². The second kappa shape index (κ2) is 17.5. The third-order valence-corrected chi connectivity index (χ3v) is 17.2. The molecule has 0 aliphatic carbocycles. The maximum Gasteiger partial charge on any atom is 0.0601 e. The maximum atomic E-state index is 2.47. The standard InChI is InChI=1S/C70H44N2S2/c1-3-17-47-39-51(33-31-45(47)15-1)49-19-13-21-53(41-49)69-57-37-35-56(72-63-25-7-11-29-67(63)74-68-30-12-8-26-64(68)72)44-60(57)70(54-22-14-20-50(42-54)52-34-32-46-16-2-4-18-48(46)40-52)58-38-36-55(43-59(58)69)71-61-23-5-9-27-65(61)73-66-28-10-6-24-62(66)71/h1-44H. The molecule has 2 heterocycles.